The third-order valence-corrected chi connectivity index (χ3v) is 13.6. The zero-order valence-electron chi connectivity index (χ0n) is 30.3. The number of hydrogen-bond donors (Lipinski definition) is 1. The molecule has 2 aromatic carbocycles. The number of rotatable bonds is 3. The van der Waals surface area contributed by atoms with E-state index in [9.17, 15) is 13.8 Å². The van der Waals surface area contributed by atoms with Crippen LogP contribution in [0.25, 0.3) is 0 Å². The number of benzene rings is 2. The zero-order valence-corrected chi connectivity index (χ0v) is 31.9. The van der Waals surface area contributed by atoms with Crippen molar-refractivity contribution < 1.29 is 28.0 Å². The second-order valence-electron chi connectivity index (χ2n) is 15.1. The fourth-order valence-electron chi connectivity index (χ4n) is 8.17. The van der Waals surface area contributed by atoms with E-state index < -0.39 is 21.9 Å². The van der Waals surface area contributed by atoms with Crippen LogP contribution in [-0.4, -0.2) is 103 Å². The maximum absolute atomic E-state index is 14.6. The molecule has 1 unspecified atom stereocenters. The molecule has 7 rings (SSSR count). The molecule has 2 bridgehead atoms. The number of carbonyl (C=O) groups excluding carboxylic acids is 2. The van der Waals surface area contributed by atoms with E-state index in [2.05, 4.69) is 43.2 Å². The number of nitrogens with zero attached hydrogens (tertiary/aromatic N) is 4. The largest absolute Gasteiger partial charge is 0.491 e. The highest BCUT2D eigenvalue weighted by atomic mass is 35.5. The van der Waals surface area contributed by atoms with Crippen molar-refractivity contribution in [1.82, 2.24) is 14.5 Å². The number of methoxy groups -OCH3 is 1. The number of halogens is 1. The van der Waals surface area contributed by atoms with Crippen LogP contribution >= 0.6 is 11.6 Å². The van der Waals surface area contributed by atoms with Gasteiger partial charge < -0.3 is 24.0 Å². The average Bonchev–Trinajstić information content (AvgIpc) is 3.11. The summed E-state index contributed by atoms with van der Waals surface area (Å²) in [5, 5.41) is 0.720. The lowest BCUT2D eigenvalue weighted by atomic mass is 9.70. The summed E-state index contributed by atoms with van der Waals surface area (Å²) in [6, 6.07) is 11.3. The Morgan fingerprint density at radius 3 is 2.63 bits per heavy atom. The van der Waals surface area contributed by atoms with Crippen LogP contribution in [0.5, 0.6) is 5.75 Å². The van der Waals surface area contributed by atoms with Gasteiger partial charge in [-0.15, -0.1) is 4.36 Å². The fraction of sp³-hybridized carbons (Fsp3) is 0.590. The van der Waals surface area contributed by atoms with Gasteiger partial charge in [0.15, 0.2) is 0 Å². The molecular formula is C39H52ClN5O6S. The summed E-state index contributed by atoms with van der Waals surface area (Å²) in [4.78, 5) is 33.9. The van der Waals surface area contributed by atoms with Gasteiger partial charge in [0.25, 0.3) is 5.91 Å². The lowest BCUT2D eigenvalue weighted by Gasteiger charge is -2.46. The van der Waals surface area contributed by atoms with Crippen LogP contribution in [0.15, 0.2) is 52.9 Å². The number of nitrogens with one attached hydrogen (secondary N) is 1. The second kappa shape index (κ2) is 16.5. The minimum Gasteiger partial charge on any atom is -0.491 e. The Balaban J connectivity index is 1.23. The third kappa shape index (κ3) is 8.62. The lowest BCUT2D eigenvalue weighted by Crippen LogP contribution is -2.64. The molecule has 2 aromatic rings. The fourth-order valence-corrected chi connectivity index (χ4v) is 10.3. The highest BCUT2D eigenvalue weighted by Gasteiger charge is 2.39. The highest BCUT2D eigenvalue weighted by Crippen LogP contribution is 2.42. The van der Waals surface area contributed by atoms with Gasteiger partial charge in [0.2, 0.25) is 0 Å². The number of fused-ring (bicyclic) bond motifs is 3. The van der Waals surface area contributed by atoms with Gasteiger partial charge in [-0.05, 0) is 97.7 Å². The summed E-state index contributed by atoms with van der Waals surface area (Å²) in [5.74, 6) is 0.697. The minimum atomic E-state index is -3.48. The molecule has 2 saturated heterocycles. The molecule has 282 valence electrons. The molecule has 5 aliphatic rings. The third-order valence-electron chi connectivity index (χ3n) is 11.4. The first-order valence-electron chi connectivity index (χ1n) is 18.8. The summed E-state index contributed by atoms with van der Waals surface area (Å²) < 4.78 is 39.6. The van der Waals surface area contributed by atoms with E-state index in [1.165, 1.54) is 11.1 Å². The van der Waals surface area contributed by atoms with Gasteiger partial charge in [0.1, 0.15) is 15.7 Å². The van der Waals surface area contributed by atoms with Crippen molar-refractivity contribution in [1.29, 1.82) is 0 Å². The van der Waals surface area contributed by atoms with Gasteiger partial charge in [-0.1, -0.05) is 36.7 Å². The van der Waals surface area contributed by atoms with Crippen LogP contribution in [0, 0.1) is 17.8 Å². The van der Waals surface area contributed by atoms with Crippen LogP contribution < -0.4 is 14.4 Å². The van der Waals surface area contributed by atoms with Crippen molar-refractivity contribution in [3.8, 4) is 5.75 Å². The van der Waals surface area contributed by atoms with Crippen LogP contribution in [0.2, 0.25) is 5.02 Å². The molecule has 0 aromatic heterocycles. The van der Waals surface area contributed by atoms with Crippen LogP contribution in [0.3, 0.4) is 0 Å². The molecule has 4 heterocycles. The number of allylic oxidation sites excluding steroid dienone is 1. The van der Waals surface area contributed by atoms with E-state index in [1.54, 1.807) is 18.1 Å². The Kier molecular flexibility index (Phi) is 11.8. The van der Waals surface area contributed by atoms with Gasteiger partial charge in [-0.25, -0.2) is 9.00 Å². The maximum Gasteiger partial charge on any atom is 0.329 e. The Labute approximate surface area is 313 Å². The van der Waals surface area contributed by atoms with Crippen LogP contribution in [0.1, 0.15) is 60.5 Å². The molecule has 5 atom stereocenters. The predicted molar refractivity (Wildman–Crippen MR) is 203 cm³/mol. The van der Waals surface area contributed by atoms with Crippen LogP contribution in [0.4, 0.5) is 10.5 Å². The van der Waals surface area contributed by atoms with Crippen molar-refractivity contribution in [3.05, 3.63) is 70.3 Å². The molecule has 3 amide bonds. The lowest BCUT2D eigenvalue weighted by molar-refractivity contribution is -0.0197. The molecule has 3 fully saturated rings. The SMILES string of the molecule is CO[C@H]1/C=C/C[C@H](C)CS(=O)(NC(=O)N2CC(N3CCOCC3)C2)=NC(=O)c2ccc3c(c2)N(Cc2ccc(Cl)cc2CCCCO3)C[C@@H]2CC[C@H]21. The molecule has 11 nitrogen and oxygen atoms in total. The normalized spacial score (nSPS) is 29.9. The monoisotopic (exact) mass is 753 g/mol. The molecule has 13 heteroatoms. The van der Waals surface area contributed by atoms with E-state index >= 15 is 0 Å². The van der Waals surface area contributed by atoms with E-state index in [0.717, 1.165) is 62.4 Å². The first-order valence-corrected chi connectivity index (χ1v) is 20.9. The number of amides is 3. The Hall–Kier alpha value is -3.16. The second-order valence-corrected chi connectivity index (χ2v) is 17.5. The summed E-state index contributed by atoms with van der Waals surface area (Å²) in [6.07, 6.45) is 9.66. The molecule has 0 radical (unpaired) electrons. The summed E-state index contributed by atoms with van der Waals surface area (Å²) in [7, 11) is -1.72. The summed E-state index contributed by atoms with van der Waals surface area (Å²) in [5.41, 5.74) is 3.51. The van der Waals surface area contributed by atoms with Crippen molar-refractivity contribution in [2.75, 3.05) is 70.3 Å². The Morgan fingerprint density at radius 2 is 1.87 bits per heavy atom. The molecule has 0 spiro atoms. The van der Waals surface area contributed by atoms with Gasteiger partial charge >= 0.3 is 6.03 Å². The zero-order chi connectivity index (χ0) is 36.2. The number of aryl methyl sites for hydroxylation is 1. The Morgan fingerprint density at radius 1 is 1.04 bits per heavy atom. The van der Waals surface area contributed by atoms with Crippen molar-refractivity contribution in [2.45, 2.75) is 64.1 Å². The number of morpholine rings is 1. The number of ether oxygens (including phenoxy) is 3. The van der Waals surface area contributed by atoms with Gasteiger partial charge in [-0.3, -0.25) is 14.4 Å². The van der Waals surface area contributed by atoms with Crippen molar-refractivity contribution in [2.24, 2.45) is 22.1 Å². The molecule has 52 heavy (non-hydrogen) atoms. The predicted octanol–water partition coefficient (Wildman–Crippen LogP) is 5.95. The molecular weight excluding hydrogens is 702 g/mol. The first kappa shape index (κ1) is 37.2. The Bertz CT molecular complexity index is 1770. The molecule has 1 saturated carbocycles. The van der Waals surface area contributed by atoms with E-state index in [-0.39, 0.29) is 23.8 Å². The maximum atomic E-state index is 14.6. The number of hydrogen-bond acceptors (Lipinski definition) is 8. The molecule has 1 aliphatic carbocycles. The molecule has 1 N–H and O–H groups in total. The highest BCUT2D eigenvalue weighted by molar-refractivity contribution is 7.92. The number of anilines is 1. The van der Waals surface area contributed by atoms with Crippen LogP contribution in [-0.2, 0) is 32.4 Å². The quantitative estimate of drug-likeness (QED) is 0.383. The molecule has 4 aliphatic heterocycles. The van der Waals surface area contributed by atoms with Crippen molar-refractivity contribution in [3.63, 3.8) is 0 Å². The minimum absolute atomic E-state index is 0.0405. The van der Waals surface area contributed by atoms with Crippen molar-refractivity contribution >= 4 is 39.1 Å². The van der Waals surface area contributed by atoms with Gasteiger partial charge in [0, 0.05) is 63.0 Å². The topological polar surface area (TPSA) is 113 Å². The number of urea groups is 1. The smallest absolute Gasteiger partial charge is 0.329 e. The first-order chi connectivity index (χ1) is 25.2. The van der Waals surface area contributed by atoms with E-state index in [1.807, 2.05) is 25.1 Å². The van der Waals surface area contributed by atoms with E-state index in [0.29, 0.717) is 69.0 Å². The summed E-state index contributed by atoms with van der Waals surface area (Å²) >= 11 is 6.48. The number of likely N-dealkylation sites (tertiary alicyclic amines) is 1. The van der Waals surface area contributed by atoms with Gasteiger partial charge in [-0.2, -0.15) is 0 Å². The number of carbonyl (C=O) groups is 2. The van der Waals surface area contributed by atoms with Gasteiger partial charge in [0.05, 0.1) is 37.4 Å². The van der Waals surface area contributed by atoms with E-state index in [4.69, 9.17) is 25.8 Å². The standard InChI is InChI=1S/C39H52ClN5O6S/c1-27-6-5-8-36(49-2)34-13-10-31(34)23-44-22-30-9-12-32(40)20-28(30)7-3-4-17-51-37-14-11-29(21-35(37)44)38(46)41-52(48,26-27)42-39(47)45-24-33(25-45)43-15-18-50-19-16-43/h5,8-9,11-12,14,20-21,27,31,33-34,36H,3-4,6-7,10,13,15-19,22-26H2,1-2H3,(H,41,42,46,47,48)/b8-5+/t27-,31-,34+,36-,52?/m0/s1. The summed E-state index contributed by atoms with van der Waals surface area (Å²) in [6.45, 7) is 7.98. The average molecular weight is 754 g/mol.